The molecule has 0 spiro atoms. The molecule has 1 saturated heterocycles. The maximum Gasteiger partial charge on any atom is 0.303 e. The van der Waals surface area contributed by atoms with E-state index in [1.807, 2.05) is 6.07 Å². The van der Waals surface area contributed by atoms with Crippen molar-refractivity contribution in [3.05, 3.63) is 24.2 Å². The van der Waals surface area contributed by atoms with Crippen LogP contribution in [0.5, 0.6) is 0 Å². The van der Waals surface area contributed by atoms with E-state index in [0.717, 1.165) is 32.5 Å². The van der Waals surface area contributed by atoms with Crippen LogP contribution in [0.25, 0.3) is 0 Å². The maximum atomic E-state index is 10.5. The lowest BCUT2D eigenvalue weighted by molar-refractivity contribution is -0.137. The molecule has 2 rings (SSSR count). The maximum absolute atomic E-state index is 10.5. The number of furan rings is 1. The monoisotopic (exact) mass is 223 g/mol. The molecule has 1 aliphatic heterocycles. The summed E-state index contributed by atoms with van der Waals surface area (Å²) < 4.78 is 5.03. The predicted octanol–water partition coefficient (Wildman–Crippen LogP) is 1.97. The number of nitrogens with zero attached hydrogens (tertiary/aromatic N) is 1. The van der Waals surface area contributed by atoms with Crippen LogP contribution in [0, 0.1) is 5.92 Å². The van der Waals surface area contributed by atoms with Crippen LogP contribution in [0.2, 0.25) is 0 Å². The molecule has 0 aromatic carbocycles. The van der Waals surface area contributed by atoms with Crippen molar-refractivity contribution >= 4 is 5.97 Å². The molecule has 1 N–H and O–H groups in total. The first kappa shape index (κ1) is 11.2. The average Bonchev–Trinajstić information content (AvgIpc) is 2.87. The van der Waals surface area contributed by atoms with Gasteiger partial charge in [-0.05, 0) is 31.4 Å². The summed E-state index contributed by atoms with van der Waals surface area (Å²) in [5.74, 6) is -0.142. The molecule has 0 amide bonds. The number of carbonyl (C=O) groups is 1. The first-order chi connectivity index (χ1) is 7.74. The van der Waals surface area contributed by atoms with Gasteiger partial charge in [0.2, 0.25) is 0 Å². The lowest BCUT2D eigenvalue weighted by atomic mass is 10.0. The third-order valence-corrected chi connectivity index (χ3v) is 3.12. The quantitative estimate of drug-likeness (QED) is 0.829. The van der Waals surface area contributed by atoms with Crippen LogP contribution in [0.4, 0.5) is 0 Å². The van der Waals surface area contributed by atoms with Gasteiger partial charge in [0.05, 0.1) is 12.5 Å². The number of hydrogen-bond acceptors (Lipinski definition) is 3. The molecule has 1 aromatic rings. The fourth-order valence-corrected chi connectivity index (χ4v) is 2.26. The van der Waals surface area contributed by atoms with E-state index in [9.17, 15) is 4.79 Å². The molecule has 0 aliphatic carbocycles. The molecule has 2 heterocycles. The fraction of sp³-hybridized carbons (Fsp3) is 0.583. The highest BCUT2D eigenvalue weighted by Gasteiger charge is 2.22. The molecular weight excluding hydrogens is 206 g/mol. The van der Waals surface area contributed by atoms with E-state index >= 15 is 0 Å². The van der Waals surface area contributed by atoms with Gasteiger partial charge in [0, 0.05) is 25.1 Å². The smallest absolute Gasteiger partial charge is 0.303 e. The average molecular weight is 223 g/mol. The molecule has 1 unspecified atom stereocenters. The summed E-state index contributed by atoms with van der Waals surface area (Å²) in [6.07, 6.45) is 5.67. The van der Waals surface area contributed by atoms with Crippen molar-refractivity contribution in [2.45, 2.75) is 25.8 Å². The van der Waals surface area contributed by atoms with E-state index in [2.05, 4.69) is 4.90 Å². The Labute approximate surface area is 94.9 Å². The zero-order chi connectivity index (χ0) is 11.4. The molecule has 0 saturated carbocycles. The molecule has 0 bridgehead atoms. The molecule has 1 fully saturated rings. The summed E-state index contributed by atoms with van der Waals surface area (Å²) in [5, 5.41) is 8.62. The molecule has 1 aromatic heterocycles. The Balaban J connectivity index is 1.73. The summed E-state index contributed by atoms with van der Waals surface area (Å²) in [7, 11) is 0. The minimum absolute atomic E-state index is 0.296. The molecular formula is C12H17NO3. The van der Waals surface area contributed by atoms with E-state index < -0.39 is 5.97 Å². The number of rotatable bonds is 5. The van der Waals surface area contributed by atoms with Crippen LogP contribution in [0.1, 0.15) is 24.8 Å². The molecule has 16 heavy (non-hydrogen) atoms. The Morgan fingerprint density at radius 2 is 2.50 bits per heavy atom. The number of carboxylic acids is 1. The Kier molecular flexibility index (Phi) is 3.62. The van der Waals surface area contributed by atoms with Gasteiger partial charge in [-0.1, -0.05) is 0 Å². The Morgan fingerprint density at radius 3 is 3.19 bits per heavy atom. The Hall–Kier alpha value is -1.29. The number of aliphatic carboxylic acids is 1. The Morgan fingerprint density at radius 1 is 1.62 bits per heavy atom. The van der Waals surface area contributed by atoms with Crippen LogP contribution >= 0.6 is 0 Å². The highest BCUT2D eigenvalue weighted by molar-refractivity contribution is 5.66. The number of hydrogen-bond donors (Lipinski definition) is 1. The largest absolute Gasteiger partial charge is 0.481 e. The van der Waals surface area contributed by atoms with Crippen LogP contribution in [-0.4, -0.2) is 29.1 Å². The van der Waals surface area contributed by atoms with Gasteiger partial charge in [-0.2, -0.15) is 0 Å². The second-order valence-corrected chi connectivity index (χ2v) is 4.45. The Bertz CT molecular complexity index is 334. The van der Waals surface area contributed by atoms with Crippen molar-refractivity contribution in [2.75, 3.05) is 13.1 Å². The van der Waals surface area contributed by atoms with Gasteiger partial charge < -0.3 is 9.52 Å². The molecule has 0 radical (unpaired) electrons. The first-order valence-electron chi connectivity index (χ1n) is 5.69. The zero-order valence-corrected chi connectivity index (χ0v) is 9.26. The minimum Gasteiger partial charge on any atom is -0.481 e. The predicted molar refractivity (Wildman–Crippen MR) is 59.0 cm³/mol. The van der Waals surface area contributed by atoms with Crippen molar-refractivity contribution < 1.29 is 14.3 Å². The van der Waals surface area contributed by atoms with Gasteiger partial charge in [-0.3, -0.25) is 9.69 Å². The SMILES string of the molecule is O=C(O)CCC1CCN(Cc2ccoc2)C1. The second-order valence-electron chi connectivity index (χ2n) is 4.45. The third kappa shape index (κ3) is 3.10. The number of carboxylic acid groups (broad SMARTS) is 1. The highest BCUT2D eigenvalue weighted by atomic mass is 16.4. The van der Waals surface area contributed by atoms with Gasteiger partial charge in [0.25, 0.3) is 0 Å². The van der Waals surface area contributed by atoms with Gasteiger partial charge in [-0.15, -0.1) is 0 Å². The van der Waals surface area contributed by atoms with E-state index in [4.69, 9.17) is 9.52 Å². The molecule has 4 heteroatoms. The van der Waals surface area contributed by atoms with Crippen molar-refractivity contribution in [1.29, 1.82) is 0 Å². The van der Waals surface area contributed by atoms with Gasteiger partial charge in [-0.25, -0.2) is 0 Å². The van der Waals surface area contributed by atoms with E-state index in [-0.39, 0.29) is 0 Å². The van der Waals surface area contributed by atoms with Crippen LogP contribution in [-0.2, 0) is 11.3 Å². The molecule has 4 nitrogen and oxygen atoms in total. The zero-order valence-electron chi connectivity index (χ0n) is 9.26. The van der Waals surface area contributed by atoms with Crippen LogP contribution in [0.3, 0.4) is 0 Å². The van der Waals surface area contributed by atoms with Crippen molar-refractivity contribution in [2.24, 2.45) is 5.92 Å². The summed E-state index contributed by atoms with van der Waals surface area (Å²) >= 11 is 0. The first-order valence-corrected chi connectivity index (χ1v) is 5.69. The van der Waals surface area contributed by atoms with Gasteiger partial charge in [0.15, 0.2) is 0 Å². The topological polar surface area (TPSA) is 53.7 Å². The summed E-state index contributed by atoms with van der Waals surface area (Å²) in [5.41, 5.74) is 1.19. The van der Waals surface area contributed by atoms with Crippen LogP contribution < -0.4 is 0 Å². The van der Waals surface area contributed by atoms with Gasteiger partial charge >= 0.3 is 5.97 Å². The standard InChI is InChI=1S/C12H17NO3/c14-12(15)2-1-10-3-5-13(7-10)8-11-4-6-16-9-11/h4,6,9-10H,1-3,5,7-8H2,(H,14,15). The van der Waals surface area contributed by atoms with E-state index in [0.29, 0.717) is 12.3 Å². The second kappa shape index (κ2) is 5.16. The van der Waals surface area contributed by atoms with E-state index in [1.165, 1.54) is 5.56 Å². The summed E-state index contributed by atoms with van der Waals surface area (Å²) in [6, 6.07) is 1.98. The van der Waals surface area contributed by atoms with Crippen molar-refractivity contribution in [1.82, 2.24) is 4.90 Å². The van der Waals surface area contributed by atoms with Gasteiger partial charge in [0.1, 0.15) is 0 Å². The summed E-state index contributed by atoms with van der Waals surface area (Å²) in [6.45, 7) is 2.99. The lowest BCUT2D eigenvalue weighted by Gasteiger charge is -2.14. The fourth-order valence-electron chi connectivity index (χ4n) is 2.26. The minimum atomic E-state index is -0.687. The van der Waals surface area contributed by atoms with Crippen LogP contribution in [0.15, 0.2) is 23.0 Å². The highest BCUT2D eigenvalue weighted by Crippen LogP contribution is 2.22. The van der Waals surface area contributed by atoms with Crippen molar-refractivity contribution in [3.63, 3.8) is 0 Å². The normalized spacial score (nSPS) is 21.4. The third-order valence-electron chi connectivity index (χ3n) is 3.12. The molecule has 1 atom stereocenters. The summed E-state index contributed by atoms with van der Waals surface area (Å²) in [4.78, 5) is 12.8. The number of likely N-dealkylation sites (tertiary alicyclic amines) is 1. The molecule has 88 valence electrons. The van der Waals surface area contributed by atoms with Crippen molar-refractivity contribution in [3.8, 4) is 0 Å². The van der Waals surface area contributed by atoms with E-state index in [1.54, 1.807) is 12.5 Å². The molecule has 1 aliphatic rings. The lowest BCUT2D eigenvalue weighted by Crippen LogP contribution is -2.20.